The molecule has 2 aromatic carbocycles. The lowest BCUT2D eigenvalue weighted by molar-refractivity contribution is -0.0500. The fourth-order valence-electron chi connectivity index (χ4n) is 2.26. The second kappa shape index (κ2) is 8.18. The van der Waals surface area contributed by atoms with Crippen LogP contribution in [0.4, 0.5) is 17.6 Å². The molecule has 8 nitrogen and oxygen atoms in total. The van der Waals surface area contributed by atoms with Gasteiger partial charge in [0.05, 0.1) is 20.5 Å². The number of rotatable bonds is 7. The van der Waals surface area contributed by atoms with Crippen molar-refractivity contribution in [3.63, 3.8) is 0 Å². The van der Waals surface area contributed by atoms with Gasteiger partial charge >= 0.3 is 25.7 Å². The summed E-state index contributed by atoms with van der Waals surface area (Å²) in [4.78, 5) is 0. The molecule has 0 heterocycles. The van der Waals surface area contributed by atoms with E-state index in [-0.39, 0.29) is 11.1 Å². The Morgan fingerprint density at radius 3 is 1.83 bits per heavy atom. The summed E-state index contributed by atoms with van der Waals surface area (Å²) < 4.78 is 117. The molecule has 0 aromatic heterocycles. The summed E-state index contributed by atoms with van der Waals surface area (Å²) in [6.07, 6.45) is 0.561. The van der Waals surface area contributed by atoms with E-state index in [4.69, 9.17) is 9.47 Å². The molecule has 2 aromatic rings. The molecular formula is C16H14F4O8S2. The average Bonchev–Trinajstić information content (AvgIpc) is 2.61. The van der Waals surface area contributed by atoms with Crippen molar-refractivity contribution in [1.29, 1.82) is 0 Å². The molecule has 0 saturated carbocycles. The van der Waals surface area contributed by atoms with Crippen LogP contribution in [0.5, 0.6) is 23.0 Å². The molecule has 0 radical (unpaired) electrons. The number of benzene rings is 2. The zero-order chi connectivity index (χ0) is 22.9. The first-order chi connectivity index (χ1) is 13.7. The fraction of sp³-hybridized carbons (Fsp3) is 0.250. The molecule has 2 rings (SSSR count). The minimum atomic E-state index is -6.23. The lowest BCUT2D eigenvalue weighted by atomic mass is 10.0. The van der Waals surface area contributed by atoms with E-state index in [1.165, 1.54) is 12.1 Å². The Kier molecular flexibility index (Phi) is 6.42. The molecule has 0 amide bonds. The predicted molar refractivity (Wildman–Crippen MR) is 96.0 cm³/mol. The van der Waals surface area contributed by atoms with Gasteiger partial charge in [0.15, 0.2) is 11.5 Å². The Labute approximate surface area is 169 Å². The standard InChI is InChI=1S/C16H14F4O8S2/c1-25-12-8-11(9-4-6-10(17)7-5-9)13(26-2)15(27-29(3,21)22)14(12)28-30(23,24)16(18,19)20/h4-8H,1-3H3. The van der Waals surface area contributed by atoms with E-state index >= 15 is 0 Å². The minimum Gasteiger partial charge on any atom is -0.493 e. The lowest BCUT2D eigenvalue weighted by Gasteiger charge is -2.20. The van der Waals surface area contributed by atoms with Gasteiger partial charge in [0.1, 0.15) is 5.82 Å². The van der Waals surface area contributed by atoms with Crippen LogP contribution in [-0.2, 0) is 20.2 Å². The predicted octanol–water partition coefficient (Wildman–Crippen LogP) is 3.08. The Bertz CT molecular complexity index is 1140. The summed E-state index contributed by atoms with van der Waals surface area (Å²) in [5.74, 6) is -3.94. The smallest absolute Gasteiger partial charge is 0.493 e. The van der Waals surface area contributed by atoms with Crippen LogP contribution in [0.2, 0.25) is 0 Å². The second-order valence-corrected chi connectivity index (χ2v) is 8.71. The van der Waals surface area contributed by atoms with Gasteiger partial charge < -0.3 is 17.8 Å². The molecule has 14 heteroatoms. The third kappa shape index (κ3) is 5.05. The summed E-state index contributed by atoms with van der Waals surface area (Å²) >= 11 is 0. The normalized spacial score (nSPS) is 12.4. The van der Waals surface area contributed by atoms with Crippen LogP contribution in [0.1, 0.15) is 0 Å². The number of hydrogen-bond acceptors (Lipinski definition) is 8. The van der Waals surface area contributed by atoms with E-state index in [2.05, 4.69) is 8.37 Å². The maximum absolute atomic E-state index is 13.2. The zero-order valence-electron chi connectivity index (χ0n) is 15.5. The highest BCUT2D eigenvalue weighted by Crippen LogP contribution is 2.51. The first-order valence-electron chi connectivity index (χ1n) is 7.65. The Balaban J connectivity index is 2.88. The molecule has 166 valence electrons. The van der Waals surface area contributed by atoms with Gasteiger partial charge in [0.2, 0.25) is 11.5 Å². The van der Waals surface area contributed by atoms with Gasteiger partial charge in [-0.3, -0.25) is 0 Å². The molecule has 0 spiro atoms. The van der Waals surface area contributed by atoms with Crippen molar-refractivity contribution < 1.29 is 52.2 Å². The first kappa shape index (κ1) is 23.5. The summed E-state index contributed by atoms with van der Waals surface area (Å²) in [7, 11) is -8.65. The Morgan fingerprint density at radius 1 is 0.833 bits per heavy atom. The van der Waals surface area contributed by atoms with Crippen LogP contribution in [0.3, 0.4) is 0 Å². The summed E-state index contributed by atoms with van der Waals surface area (Å²) in [6.45, 7) is 0. The van der Waals surface area contributed by atoms with Crippen LogP contribution in [0, 0.1) is 5.82 Å². The summed E-state index contributed by atoms with van der Waals surface area (Å²) in [6, 6.07) is 5.63. The SMILES string of the molecule is COc1cc(-c2ccc(F)cc2)c(OC)c(OS(C)(=O)=O)c1OS(=O)(=O)C(F)(F)F. The van der Waals surface area contributed by atoms with E-state index < -0.39 is 54.6 Å². The maximum Gasteiger partial charge on any atom is 0.534 e. The van der Waals surface area contributed by atoms with Crippen molar-refractivity contribution in [2.45, 2.75) is 5.51 Å². The van der Waals surface area contributed by atoms with Gasteiger partial charge in [0, 0.05) is 5.56 Å². The number of methoxy groups -OCH3 is 2. The van der Waals surface area contributed by atoms with Gasteiger partial charge in [-0.1, -0.05) is 12.1 Å². The van der Waals surface area contributed by atoms with E-state index in [9.17, 15) is 34.4 Å². The molecule has 0 aliphatic carbocycles. The van der Waals surface area contributed by atoms with Crippen molar-refractivity contribution in [1.82, 2.24) is 0 Å². The molecule has 0 saturated heterocycles. The first-order valence-corrected chi connectivity index (χ1v) is 10.9. The quantitative estimate of drug-likeness (QED) is 0.343. The fourth-order valence-corrected chi connectivity index (χ4v) is 3.19. The second-order valence-electron chi connectivity index (χ2n) is 5.60. The highest BCUT2D eigenvalue weighted by molar-refractivity contribution is 7.88. The van der Waals surface area contributed by atoms with E-state index in [0.717, 1.165) is 32.4 Å². The molecule has 0 fully saturated rings. The molecule has 30 heavy (non-hydrogen) atoms. The van der Waals surface area contributed by atoms with Gasteiger partial charge in [-0.05, 0) is 23.8 Å². The highest BCUT2D eigenvalue weighted by Gasteiger charge is 2.50. The van der Waals surface area contributed by atoms with Crippen molar-refractivity contribution in [3.05, 3.63) is 36.1 Å². The number of hydrogen-bond donors (Lipinski definition) is 0. The third-order valence-corrected chi connectivity index (χ3v) is 4.87. The van der Waals surface area contributed by atoms with Crippen molar-refractivity contribution >= 4 is 20.2 Å². The van der Waals surface area contributed by atoms with Crippen molar-refractivity contribution in [2.75, 3.05) is 20.5 Å². The van der Waals surface area contributed by atoms with Gasteiger partial charge in [-0.15, -0.1) is 0 Å². The molecule has 0 bridgehead atoms. The van der Waals surface area contributed by atoms with Crippen molar-refractivity contribution in [2.24, 2.45) is 0 Å². The van der Waals surface area contributed by atoms with Crippen LogP contribution >= 0.6 is 0 Å². The van der Waals surface area contributed by atoms with E-state index in [1.807, 2.05) is 0 Å². The Hall–Kier alpha value is -2.74. The number of alkyl halides is 3. The summed E-state index contributed by atoms with van der Waals surface area (Å²) in [5.41, 5.74) is -5.62. The monoisotopic (exact) mass is 474 g/mol. The van der Waals surface area contributed by atoms with Crippen LogP contribution < -0.4 is 17.8 Å². The topological polar surface area (TPSA) is 105 Å². The third-order valence-electron chi connectivity index (χ3n) is 3.45. The van der Waals surface area contributed by atoms with Gasteiger partial charge in [-0.25, -0.2) is 4.39 Å². The molecule has 0 atom stereocenters. The van der Waals surface area contributed by atoms with Crippen LogP contribution in [-0.4, -0.2) is 42.8 Å². The van der Waals surface area contributed by atoms with Crippen LogP contribution in [0.25, 0.3) is 11.1 Å². The molecule has 0 aliphatic heterocycles. The van der Waals surface area contributed by atoms with E-state index in [1.54, 1.807) is 0 Å². The molecular weight excluding hydrogens is 460 g/mol. The van der Waals surface area contributed by atoms with Crippen molar-refractivity contribution in [3.8, 4) is 34.1 Å². The minimum absolute atomic E-state index is 0.00948. The Morgan fingerprint density at radius 2 is 1.40 bits per heavy atom. The number of ether oxygens (including phenoxy) is 2. The number of halogens is 4. The van der Waals surface area contributed by atoms with Gasteiger partial charge in [0.25, 0.3) is 0 Å². The molecule has 0 N–H and O–H groups in total. The van der Waals surface area contributed by atoms with Gasteiger partial charge in [-0.2, -0.15) is 30.0 Å². The molecule has 0 aliphatic rings. The lowest BCUT2D eigenvalue weighted by Crippen LogP contribution is -2.28. The average molecular weight is 474 g/mol. The summed E-state index contributed by atoms with van der Waals surface area (Å²) in [5, 5.41) is 0. The van der Waals surface area contributed by atoms with Crippen LogP contribution in [0.15, 0.2) is 30.3 Å². The van der Waals surface area contributed by atoms with E-state index in [0.29, 0.717) is 6.26 Å². The zero-order valence-corrected chi connectivity index (χ0v) is 17.1. The maximum atomic E-state index is 13.2. The largest absolute Gasteiger partial charge is 0.534 e. The molecule has 0 unspecified atom stereocenters. The highest BCUT2D eigenvalue weighted by atomic mass is 32.2.